The van der Waals surface area contributed by atoms with Crippen LogP contribution in [0, 0.1) is 0 Å². The first-order valence-corrected chi connectivity index (χ1v) is 9.10. The van der Waals surface area contributed by atoms with Crippen molar-refractivity contribution in [3.05, 3.63) is 89.0 Å². The van der Waals surface area contributed by atoms with Crippen LogP contribution in [-0.4, -0.2) is 22.0 Å². The Morgan fingerprint density at radius 1 is 1.07 bits per heavy atom. The average molecular weight is 373 g/mol. The lowest BCUT2D eigenvalue weighted by atomic mass is 10.2. The number of imidazole rings is 1. The van der Waals surface area contributed by atoms with E-state index in [0.29, 0.717) is 24.1 Å². The first-order chi connectivity index (χ1) is 13.7. The molecule has 0 bridgehead atoms. The van der Waals surface area contributed by atoms with Gasteiger partial charge in [-0.05, 0) is 18.6 Å². The fraction of sp³-hybridized carbons (Fsp3) is 0.136. The predicted molar refractivity (Wildman–Crippen MR) is 107 cm³/mol. The van der Waals surface area contributed by atoms with Gasteiger partial charge < -0.3 is 14.3 Å². The largest absolute Gasteiger partial charge is 0.451 e. The van der Waals surface area contributed by atoms with Crippen LogP contribution in [-0.2, 0) is 6.54 Å². The van der Waals surface area contributed by atoms with Crippen LogP contribution in [0.4, 0.5) is 0 Å². The third-order valence-electron chi connectivity index (χ3n) is 4.47. The summed E-state index contributed by atoms with van der Waals surface area (Å²) in [4.78, 5) is 28.9. The zero-order valence-electron chi connectivity index (χ0n) is 15.2. The van der Waals surface area contributed by atoms with Gasteiger partial charge in [0.05, 0.1) is 5.39 Å². The molecule has 0 aliphatic carbocycles. The van der Waals surface area contributed by atoms with Gasteiger partial charge in [0.2, 0.25) is 0 Å². The number of amides is 1. The molecule has 140 valence electrons. The van der Waals surface area contributed by atoms with Gasteiger partial charge in [0.25, 0.3) is 5.91 Å². The molecule has 1 N–H and O–H groups in total. The molecule has 28 heavy (non-hydrogen) atoms. The van der Waals surface area contributed by atoms with E-state index in [1.54, 1.807) is 30.5 Å². The smallest absolute Gasteiger partial charge is 0.287 e. The minimum atomic E-state index is -0.392. The highest BCUT2D eigenvalue weighted by Gasteiger charge is 2.12. The molecule has 0 atom stereocenters. The number of nitrogens with one attached hydrogen (secondary N) is 1. The van der Waals surface area contributed by atoms with E-state index in [9.17, 15) is 9.59 Å². The highest BCUT2D eigenvalue weighted by molar-refractivity contribution is 5.93. The number of carbonyl (C=O) groups excluding carboxylic acids is 1. The summed E-state index contributed by atoms with van der Waals surface area (Å²) in [6.45, 7) is 1.17. The van der Waals surface area contributed by atoms with Gasteiger partial charge in [-0.15, -0.1) is 0 Å². The van der Waals surface area contributed by atoms with Crippen LogP contribution in [0.1, 0.15) is 17.0 Å². The van der Waals surface area contributed by atoms with Gasteiger partial charge in [0.1, 0.15) is 11.4 Å². The van der Waals surface area contributed by atoms with Gasteiger partial charge in [-0.25, -0.2) is 4.98 Å². The molecule has 6 nitrogen and oxygen atoms in total. The summed E-state index contributed by atoms with van der Waals surface area (Å²) in [5, 5.41) is 3.27. The number of hydrogen-bond acceptors (Lipinski definition) is 4. The summed E-state index contributed by atoms with van der Waals surface area (Å²) in [5.74, 6) is 0.528. The molecule has 0 aliphatic heterocycles. The number of aryl methyl sites for hydroxylation is 1. The molecule has 2 aromatic heterocycles. The van der Waals surface area contributed by atoms with Crippen LogP contribution < -0.4 is 10.7 Å². The van der Waals surface area contributed by atoms with Crippen molar-refractivity contribution in [3.8, 4) is 11.4 Å². The third-order valence-corrected chi connectivity index (χ3v) is 4.47. The van der Waals surface area contributed by atoms with E-state index in [4.69, 9.17) is 4.42 Å². The van der Waals surface area contributed by atoms with Crippen molar-refractivity contribution in [2.75, 3.05) is 6.54 Å². The maximum absolute atomic E-state index is 12.3. The fourth-order valence-corrected chi connectivity index (χ4v) is 3.09. The molecule has 0 fully saturated rings. The molecular weight excluding hydrogens is 354 g/mol. The Labute approximate surface area is 161 Å². The van der Waals surface area contributed by atoms with Crippen LogP contribution in [0.2, 0.25) is 0 Å². The van der Waals surface area contributed by atoms with E-state index >= 15 is 0 Å². The zero-order valence-corrected chi connectivity index (χ0v) is 15.2. The molecule has 2 aromatic carbocycles. The van der Waals surface area contributed by atoms with Crippen molar-refractivity contribution in [1.82, 2.24) is 14.9 Å². The first kappa shape index (κ1) is 17.7. The number of hydrogen-bond donors (Lipinski definition) is 1. The molecule has 1 amide bonds. The van der Waals surface area contributed by atoms with Crippen molar-refractivity contribution in [2.24, 2.45) is 0 Å². The average Bonchev–Trinajstić information content (AvgIpc) is 3.20. The summed E-state index contributed by atoms with van der Waals surface area (Å²) in [6.07, 6.45) is 4.41. The minimum absolute atomic E-state index is 0.0244. The summed E-state index contributed by atoms with van der Waals surface area (Å²) in [5.41, 5.74) is 1.23. The van der Waals surface area contributed by atoms with Gasteiger partial charge in [0.15, 0.2) is 11.2 Å². The monoisotopic (exact) mass is 373 g/mol. The van der Waals surface area contributed by atoms with Gasteiger partial charge in [-0.2, -0.15) is 0 Å². The van der Waals surface area contributed by atoms with Crippen molar-refractivity contribution in [2.45, 2.75) is 13.0 Å². The van der Waals surface area contributed by atoms with Crippen LogP contribution >= 0.6 is 0 Å². The first-order valence-electron chi connectivity index (χ1n) is 9.10. The Morgan fingerprint density at radius 2 is 1.86 bits per heavy atom. The number of aromatic nitrogens is 2. The number of carbonyl (C=O) groups is 1. The maximum atomic E-state index is 12.3. The van der Waals surface area contributed by atoms with Crippen LogP contribution in [0.15, 0.2) is 82.3 Å². The van der Waals surface area contributed by atoms with Crippen molar-refractivity contribution < 1.29 is 9.21 Å². The van der Waals surface area contributed by atoms with Gasteiger partial charge in [-0.3, -0.25) is 9.59 Å². The summed E-state index contributed by atoms with van der Waals surface area (Å²) < 4.78 is 7.61. The van der Waals surface area contributed by atoms with Gasteiger partial charge in [0, 0.05) is 37.1 Å². The molecule has 0 unspecified atom stereocenters. The van der Waals surface area contributed by atoms with E-state index in [2.05, 4.69) is 14.9 Å². The molecule has 0 spiro atoms. The molecule has 0 radical (unpaired) electrons. The van der Waals surface area contributed by atoms with E-state index in [-0.39, 0.29) is 11.2 Å². The second kappa shape index (κ2) is 7.92. The summed E-state index contributed by atoms with van der Waals surface area (Å²) >= 11 is 0. The Bertz CT molecular complexity index is 1160. The number of rotatable bonds is 6. The molecule has 2 heterocycles. The standard InChI is InChI=1S/C22H19N3O3/c26-18-15-20(28-19-10-5-4-9-17(18)19)22(27)24-11-6-13-25-14-12-23-21(25)16-7-2-1-3-8-16/h1-5,7-10,12,14-15H,6,11,13H2,(H,24,27). The highest BCUT2D eigenvalue weighted by atomic mass is 16.3. The highest BCUT2D eigenvalue weighted by Crippen LogP contribution is 2.17. The molecule has 4 rings (SSSR count). The number of fused-ring (bicyclic) bond motifs is 1. The van der Waals surface area contributed by atoms with Crippen molar-refractivity contribution in [1.29, 1.82) is 0 Å². The molecule has 0 saturated carbocycles. The summed E-state index contributed by atoms with van der Waals surface area (Å²) in [7, 11) is 0. The van der Waals surface area contributed by atoms with E-state index in [1.807, 2.05) is 36.5 Å². The van der Waals surface area contributed by atoms with E-state index < -0.39 is 5.91 Å². The molecule has 6 heteroatoms. The topological polar surface area (TPSA) is 77.1 Å². The van der Waals surface area contributed by atoms with Crippen LogP contribution in [0.3, 0.4) is 0 Å². The zero-order chi connectivity index (χ0) is 19.3. The van der Waals surface area contributed by atoms with E-state index in [1.165, 1.54) is 6.07 Å². The Morgan fingerprint density at radius 3 is 2.71 bits per heavy atom. The maximum Gasteiger partial charge on any atom is 0.287 e. The predicted octanol–water partition coefficient (Wildman–Crippen LogP) is 3.48. The molecule has 0 aliphatic rings. The summed E-state index contributed by atoms with van der Waals surface area (Å²) in [6, 6.07) is 18.1. The molecule has 0 saturated heterocycles. The Balaban J connectivity index is 1.37. The second-order valence-corrected chi connectivity index (χ2v) is 6.39. The van der Waals surface area contributed by atoms with E-state index in [0.717, 1.165) is 17.8 Å². The van der Waals surface area contributed by atoms with Crippen molar-refractivity contribution in [3.63, 3.8) is 0 Å². The lowest BCUT2D eigenvalue weighted by Gasteiger charge is -2.09. The molecule has 4 aromatic rings. The Hall–Kier alpha value is -3.67. The normalized spacial score (nSPS) is 10.9. The van der Waals surface area contributed by atoms with Crippen molar-refractivity contribution >= 4 is 16.9 Å². The van der Waals surface area contributed by atoms with Crippen LogP contribution in [0.5, 0.6) is 0 Å². The molecular formula is C22H19N3O3. The third kappa shape index (κ3) is 3.71. The lowest BCUT2D eigenvalue weighted by Crippen LogP contribution is -2.26. The SMILES string of the molecule is O=C(NCCCn1ccnc1-c1ccccc1)c1cc(=O)c2ccccc2o1. The number of para-hydroxylation sites is 1. The minimum Gasteiger partial charge on any atom is -0.451 e. The quantitative estimate of drug-likeness (QED) is 0.525. The second-order valence-electron chi connectivity index (χ2n) is 6.39. The fourth-order valence-electron chi connectivity index (χ4n) is 3.09. The van der Waals surface area contributed by atoms with Gasteiger partial charge in [-0.1, -0.05) is 42.5 Å². The Kier molecular flexibility index (Phi) is 5.01. The van der Waals surface area contributed by atoms with Gasteiger partial charge >= 0.3 is 0 Å². The number of benzene rings is 2. The van der Waals surface area contributed by atoms with Crippen LogP contribution in [0.25, 0.3) is 22.4 Å². The lowest BCUT2D eigenvalue weighted by molar-refractivity contribution is 0.0925. The number of nitrogens with zero attached hydrogens (tertiary/aromatic N) is 2.